The van der Waals surface area contributed by atoms with E-state index in [1.165, 1.54) is 12.3 Å². The first-order chi connectivity index (χ1) is 8.54. The maximum atomic E-state index is 12.8. The van der Waals surface area contributed by atoms with Gasteiger partial charge in [-0.15, -0.1) is 0 Å². The zero-order valence-electron chi connectivity index (χ0n) is 11.4. The summed E-state index contributed by atoms with van der Waals surface area (Å²) in [5, 5.41) is 13.5. The summed E-state index contributed by atoms with van der Waals surface area (Å²) >= 11 is 0. The summed E-state index contributed by atoms with van der Waals surface area (Å²) in [7, 11) is 0. The van der Waals surface area contributed by atoms with Gasteiger partial charge in [0.15, 0.2) is 0 Å². The van der Waals surface area contributed by atoms with Crippen LogP contribution in [0.1, 0.15) is 51.8 Å². The average molecular weight is 254 g/mol. The SMILES string of the molecule is CCC(NCC(O)(CC)CC)c1ccc(F)cn1. The predicted molar refractivity (Wildman–Crippen MR) is 70.8 cm³/mol. The number of nitrogens with one attached hydrogen (secondary N) is 1. The zero-order chi connectivity index (χ0) is 13.6. The maximum absolute atomic E-state index is 12.8. The monoisotopic (exact) mass is 254 g/mol. The van der Waals surface area contributed by atoms with Crippen molar-refractivity contribution in [2.75, 3.05) is 6.54 Å². The van der Waals surface area contributed by atoms with E-state index in [0.717, 1.165) is 12.1 Å². The van der Waals surface area contributed by atoms with Gasteiger partial charge >= 0.3 is 0 Å². The largest absolute Gasteiger partial charge is 0.389 e. The highest BCUT2D eigenvalue weighted by Gasteiger charge is 2.23. The number of hydrogen-bond donors (Lipinski definition) is 2. The van der Waals surface area contributed by atoms with Crippen molar-refractivity contribution in [2.24, 2.45) is 0 Å². The van der Waals surface area contributed by atoms with Crippen LogP contribution in [0.5, 0.6) is 0 Å². The van der Waals surface area contributed by atoms with Gasteiger partial charge in [0.1, 0.15) is 5.82 Å². The van der Waals surface area contributed by atoms with Crippen LogP contribution in [0.15, 0.2) is 18.3 Å². The molecule has 0 amide bonds. The van der Waals surface area contributed by atoms with E-state index in [4.69, 9.17) is 0 Å². The summed E-state index contributed by atoms with van der Waals surface area (Å²) in [4.78, 5) is 4.08. The second-order valence-electron chi connectivity index (χ2n) is 4.67. The molecule has 102 valence electrons. The molecule has 4 heteroatoms. The molecule has 1 unspecified atom stereocenters. The van der Waals surface area contributed by atoms with E-state index >= 15 is 0 Å². The highest BCUT2D eigenvalue weighted by Crippen LogP contribution is 2.18. The Hall–Kier alpha value is -1.00. The minimum atomic E-state index is -0.673. The van der Waals surface area contributed by atoms with Gasteiger partial charge in [-0.25, -0.2) is 4.39 Å². The van der Waals surface area contributed by atoms with Crippen LogP contribution in [-0.4, -0.2) is 22.2 Å². The molecule has 18 heavy (non-hydrogen) atoms. The summed E-state index contributed by atoms with van der Waals surface area (Å²) < 4.78 is 12.8. The minimum Gasteiger partial charge on any atom is -0.389 e. The first kappa shape index (κ1) is 15.1. The van der Waals surface area contributed by atoms with Gasteiger partial charge in [-0.1, -0.05) is 20.8 Å². The maximum Gasteiger partial charge on any atom is 0.141 e. The predicted octanol–water partition coefficient (Wildman–Crippen LogP) is 2.81. The summed E-state index contributed by atoms with van der Waals surface area (Å²) in [5.41, 5.74) is 0.140. The van der Waals surface area contributed by atoms with E-state index in [0.29, 0.717) is 19.4 Å². The molecule has 0 bridgehead atoms. The molecule has 3 nitrogen and oxygen atoms in total. The van der Waals surface area contributed by atoms with Crippen molar-refractivity contribution in [3.05, 3.63) is 29.8 Å². The fourth-order valence-electron chi connectivity index (χ4n) is 1.86. The number of hydrogen-bond acceptors (Lipinski definition) is 3. The lowest BCUT2D eigenvalue weighted by atomic mass is 9.96. The first-order valence-corrected chi connectivity index (χ1v) is 6.61. The van der Waals surface area contributed by atoms with Crippen molar-refractivity contribution >= 4 is 0 Å². The van der Waals surface area contributed by atoms with Crippen LogP contribution in [0.3, 0.4) is 0 Å². The minimum absolute atomic E-state index is 0.0511. The molecule has 1 aromatic heterocycles. The van der Waals surface area contributed by atoms with Crippen molar-refractivity contribution < 1.29 is 9.50 Å². The van der Waals surface area contributed by atoms with Gasteiger partial charge in [0.25, 0.3) is 0 Å². The summed E-state index contributed by atoms with van der Waals surface area (Å²) in [5.74, 6) is -0.327. The van der Waals surface area contributed by atoms with Crippen molar-refractivity contribution in [1.29, 1.82) is 0 Å². The van der Waals surface area contributed by atoms with Crippen molar-refractivity contribution in [3.63, 3.8) is 0 Å². The van der Waals surface area contributed by atoms with Crippen LogP contribution in [0.2, 0.25) is 0 Å². The molecule has 1 heterocycles. The molecule has 0 aliphatic carbocycles. The lowest BCUT2D eigenvalue weighted by molar-refractivity contribution is 0.0295. The Kier molecular flexibility index (Phi) is 5.69. The Bertz CT molecular complexity index is 349. The van der Waals surface area contributed by atoms with Crippen LogP contribution in [-0.2, 0) is 0 Å². The van der Waals surface area contributed by atoms with E-state index in [-0.39, 0.29) is 11.9 Å². The Morgan fingerprint density at radius 3 is 2.44 bits per heavy atom. The number of aliphatic hydroxyl groups is 1. The Labute approximate surface area is 108 Å². The Morgan fingerprint density at radius 2 is 2.00 bits per heavy atom. The number of rotatable bonds is 7. The van der Waals surface area contributed by atoms with Crippen LogP contribution in [0, 0.1) is 5.82 Å². The molecule has 0 saturated carbocycles. The first-order valence-electron chi connectivity index (χ1n) is 6.61. The molecular weight excluding hydrogens is 231 g/mol. The van der Waals surface area contributed by atoms with Gasteiger partial charge in [0, 0.05) is 12.6 Å². The lowest BCUT2D eigenvalue weighted by Crippen LogP contribution is -2.41. The fourth-order valence-corrected chi connectivity index (χ4v) is 1.86. The van der Waals surface area contributed by atoms with Gasteiger partial charge in [-0.2, -0.15) is 0 Å². The molecule has 2 N–H and O–H groups in total. The standard InChI is InChI=1S/C14H23FN2O/c1-4-12(13-8-7-11(15)9-16-13)17-10-14(18,5-2)6-3/h7-9,12,17-18H,4-6,10H2,1-3H3. The molecule has 0 radical (unpaired) electrons. The third kappa shape index (κ3) is 4.03. The number of halogens is 1. The highest BCUT2D eigenvalue weighted by molar-refractivity contribution is 5.09. The fraction of sp³-hybridized carbons (Fsp3) is 0.643. The van der Waals surface area contributed by atoms with Gasteiger partial charge < -0.3 is 10.4 Å². The molecule has 1 atom stereocenters. The average Bonchev–Trinajstić information content (AvgIpc) is 2.41. The van der Waals surface area contributed by atoms with Crippen molar-refractivity contribution in [3.8, 4) is 0 Å². The van der Waals surface area contributed by atoms with Crippen LogP contribution in [0.25, 0.3) is 0 Å². The summed E-state index contributed by atoms with van der Waals surface area (Å²) in [6.45, 7) is 6.52. The molecular formula is C14H23FN2O. The summed E-state index contributed by atoms with van der Waals surface area (Å²) in [6, 6.07) is 3.15. The topological polar surface area (TPSA) is 45.1 Å². The highest BCUT2D eigenvalue weighted by atomic mass is 19.1. The third-order valence-electron chi connectivity index (χ3n) is 3.51. The molecule has 0 aromatic carbocycles. The molecule has 0 saturated heterocycles. The Morgan fingerprint density at radius 1 is 1.33 bits per heavy atom. The van der Waals surface area contributed by atoms with Gasteiger partial charge in [0.2, 0.25) is 0 Å². The van der Waals surface area contributed by atoms with E-state index in [1.54, 1.807) is 6.07 Å². The summed E-state index contributed by atoms with van der Waals surface area (Å²) in [6.07, 6.45) is 3.50. The van der Waals surface area contributed by atoms with E-state index in [9.17, 15) is 9.50 Å². The van der Waals surface area contributed by atoms with Crippen LogP contribution >= 0.6 is 0 Å². The van der Waals surface area contributed by atoms with Crippen LogP contribution < -0.4 is 5.32 Å². The number of pyridine rings is 1. The molecule has 0 fully saturated rings. The molecule has 0 aliphatic rings. The van der Waals surface area contributed by atoms with Crippen molar-refractivity contribution in [1.82, 2.24) is 10.3 Å². The molecule has 1 rings (SSSR count). The number of aromatic nitrogens is 1. The zero-order valence-corrected chi connectivity index (χ0v) is 11.4. The lowest BCUT2D eigenvalue weighted by Gasteiger charge is -2.28. The van der Waals surface area contributed by atoms with E-state index in [2.05, 4.69) is 10.3 Å². The second kappa shape index (κ2) is 6.81. The van der Waals surface area contributed by atoms with Gasteiger partial charge in [0.05, 0.1) is 17.5 Å². The molecule has 1 aromatic rings. The Balaban J connectivity index is 2.65. The van der Waals surface area contributed by atoms with E-state index < -0.39 is 5.60 Å². The molecule has 0 aliphatic heterocycles. The van der Waals surface area contributed by atoms with Crippen LogP contribution in [0.4, 0.5) is 4.39 Å². The second-order valence-corrected chi connectivity index (χ2v) is 4.67. The smallest absolute Gasteiger partial charge is 0.141 e. The molecule has 0 spiro atoms. The van der Waals surface area contributed by atoms with Gasteiger partial charge in [-0.3, -0.25) is 4.98 Å². The van der Waals surface area contributed by atoms with E-state index in [1.807, 2.05) is 20.8 Å². The van der Waals surface area contributed by atoms with Gasteiger partial charge in [-0.05, 0) is 31.4 Å². The van der Waals surface area contributed by atoms with Crippen molar-refractivity contribution in [2.45, 2.75) is 51.7 Å². The quantitative estimate of drug-likeness (QED) is 0.786. The third-order valence-corrected chi connectivity index (χ3v) is 3.51. The normalized spacial score (nSPS) is 13.6. The number of nitrogens with zero attached hydrogens (tertiary/aromatic N) is 1.